The first-order valence-electron chi connectivity index (χ1n) is 7.39. The van der Waals surface area contributed by atoms with Crippen molar-refractivity contribution in [3.8, 4) is 0 Å². The summed E-state index contributed by atoms with van der Waals surface area (Å²) in [5, 5.41) is 13.7. The highest BCUT2D eigenvalue weighted by atomic mass is 35.5. The number of amides is 1. The number of carbonyl (C=O) groups excluding carboxylic acids is 1. The minimum atomic E-state index is -0.544. The summed E-state index contributed by atoms with van der Waals surface area (Å²) < 4.78 is 0. The Morgan fingerprint density at radius 1 is 1.43 bits per heavy atom. The van der Waals surface area contributed by atoms with E-state index in [-0.39, 0.29) is 5.91 Å². The molecule has 1 aromatic carbocycles. The molecule has 1 saturated heterocycles. The Morgan fingerprint density at radius 3 is 2.67 bits per heavy atom. The average Bonchev–Trinajstić information content (AvgIpc) is 3.15. The van der Waals surface area contributed by atoms with Crippen LogP contribution in [0.2, 0.25) is 5.02 Å². The molecule has 0 bridgehead atoms. The van der Waals surface area contributed by atoms with Gasteiger partial charge >= 0.3 is 0 Å². The van der Waals surface area contributed by atoms with Crippen LogP contribution in [0.3, 0.4) is 0 Å². The number of benzene rings is 1. The van der Waals surface area contributed by atoms with E-state index in [2.05, 4.69) is 5.32 Å². The van der Waals surface area contributed by atoms with E-state index in [9.17, 15) is 9.90 Å². The van der Waals surface area contributed by atoms with Gasteiger partial charge in [0.15, 0.2) is 0 Å². The Kier molecular flexibility index (Phi) is 3.72. The lowest BCUT2D eigenvalue weighted by Crippen LogP contribution is -2.64. The highest BCUT2D eigenvalue weighted by Gasteiger charge is 2.51. The molecule has 2 fully saturated rings. The van der Waals surface area contributed by atoms with E-state index in [1.165, 1.54) is 0 Å². The number of halogens is 1. The van der Waals surface area contributed by atoms with Gasteiger partial charge in [0.05, 0.1) is 22.9 Å². The molecule has 114 valence electrons. The van der Waals surface area contributed by atoms with E-state index >= 15 is 0 Å². The van der Waals surface area contributed by atoms with E-state index in [0.717, 1.165) is 24.0 Å². The fraction of sp³-hybridized carbons (Fsp3) is 0.562. The lowest BCUT2D eigenvalue weighted by Gasteiger charge is -2.46. The predicted octanol–water partition coefficient (Wildman–Crippen LogP) is 2.35. The zero-order valence-electron chi connectivity index (χ0n) is 12.4. The van der Waals surface area contributed by atoms with Gasteiger partial charge in [-0.15, -0.1) is 0 Å². The first-order chi connectivity index (χ1) is 9.87. The quantitative estimate of drug-likeness (QED) is 0.898. The first-order valence-corrected chi connectivity index (χ1v) is 7.76. The van der Waals surface area contributed by atoms with Crippen molar-refractivity contribution in [1.82, 2.24) is 4.90 Å². The number of hydrogen-bond acceptors (Lipinski definition) is 3. The van der Waals surface area contributed by atoms with Gasteiger partial charge in [-0.1, -0.05) is 17.7 Å². The third-order valence-corrected chi connectivity index (χ3v) is 4.69. The van der Waals surface area contributed by atoms with Crippen molar-refractivity contribution < 1.29 is 9.90 Å². The van der Waals surface area contributed by atoms with Gasteiger partial charge in [0.25, 0.3) is 0 Å². The van der Waals surface area contributed by atoms with E-state index in [0.29, 0.717) is 36.3 Å². The monoisotopic (exact) mass is 308 g/mol. The summed E-state index contributed by atoms with van der Waals surface area (Å²) in [6.07, 6.45) is 2.24. The first kappa shape index (κ1) is 14.8. The van der Waals surface area contributed by atoms with E-state index in [1.807, 2.05) is 30.9 Å². The molecule has 0 aromatic heterocycles. The summed E-state index contributed by atoms with van der Waals surface area (Å²) in [6, 6.07) is 3.84. The standard InChI is InChI=1S/C16H21ClN2O2/c1-10-5-11(2)15(13(17)6-10)18-14(20)7-19-8-16(21,9-19)12-3-4-12/h5-6,12,21H,3-4,7-9H2,1-2H3,(H,18,20). The molecule has 5 heteroatoms. The van der Waals surface area contributed by atoms with Crippen molar-refractivity contribution >= 4 is 23.2 Å². The van der Waals surface area contributed by atoms with Gasteiger partial charge in [-0.05, 0) is 49.8 Å². The maximum atomic E-state index is 12.1. The van der Waals surface area contributed by atoms with Crippen LogP contribution < -0.4 is 5.32 Å². The third kappa shape index (κ3) is 3.07. The average molecular weight is 309 g/mol. The molecule has 4 nitrogen and oxygen atoms in total. The van der Waals surface area contributed by atoms with Crippen LogP contribution >= 0.6 is 11.6 Å². The Hall–Kier alpha value is -1.10. The van der Waals surface area contributed by atoms with Crippen LogP contribution in [0.25, 0.3) is 0 Å². The zero-order valence-corrected chi connectivity index (χ0v) is 13.2. The summed E-state index contributed by atoms with van der Waals surface area (Å²) in [4.78, 5) is 14.1. The largest absolute Gasteiger partial charge is 0.387 e. The van der Waals surface area contributed by atoms with Gasteiger partial charge < -0.3 is 10.4 Å². The molecular formula is C16H21ClN2O2. The third-order valence-electron chi connectivity index (χ3n) is 4.40. The molecule has 1 heterocycles. The van der Waals surface area contributed by atoms with Crippen molar-refractivity contribution in [3.05, 3.63) is 28.3 Å². The maximum absolute atomic E-state index is 12.1. The van der Waals surface area contributed by atoms with Gasteiger partial charge in [0, 0.05) is 13.1 Å². The normalized spacial score (nSPS) is 21.0. The predicted molar refractivity (Wildman–Crippen MR) is 83.7 cm³/mol. The summed E-state index contributed by atoms with van der Waals surface area (Å²) in [7, 11) is 0. The molecule has 2 N–H and O–H groups in total. The van der Waals surface area contributed by atoms with Crippen LogP contribution in [0.4, 0.5) is 5.69 Å². The van der Waals surface area contributed by atoms with Gasteiger partial charge in [-0.25, -0.2) is 0 Å². The van der Waals surface area contributed by atoms with Crippen LogP contribution in [0, 0.1) is 19.8 Å². The number of carbonyl (C=O) groups is 1. The number of aliphatic hydroxyl groups is 1. The van der Waals surface area contributed by atoms with Crippen LogP contribution in [-0.2, 0) is 4.79 Å². The lowest BCUT2D eigenvalue weighted by atomic mass is 9.89. The second-order valence-electron chi connectivity index (χ2n) is 6.51. The molecule has 1 aromatic rings. The molecule has 0 spiro atoms. The topological polar surface area (TPSA) is 52.6 Å². The van der Waals surface area contributed by atoms with Gasteiger partial charge in [0.1, 0.15) is 0 Å². The lowest BCUT2D eigenvalue weighted by molar-refractivity contribution is -0.132. The molecule has 1 amide bonds. The zero-order chi connectivity index (χ0) is 15.2. The molecule has 0 unspecified atom stereocenters. The van der Waals surface area contributed by atoms with Gasteiger partial charge in [-0.2, -0.15) is 0 Å². The van der Waals surface area contributed by atoms with Crippen LogP contribution in [0.15, 0.2) is 12.1 Å². The highest BCUT2D eigenvalue weighted by Crippen LogP contribution is 2.44. The number of likely N-dealkylation sites (tertiary alicyclic amines) is 1. The van der Waals surface area contributed by atoms with Crippen molar-refractivity contribution in [3.63, 3.8) is 0 Å². The van der Waals surface area contributed by atoms with E-state index in [1.54, 1.807) is 0 Å². The molecule has 0 radical (unpaired) electrons. The summed E-state index contributed by atoms with van der Waals surface area (Å²) in [6.45, 7) is 5.42. The van der Waals surface area contributed by atoms with Gasteiger partial charge in [-0.3, -0.25) is 9.69 Å². The molecule has 2 aliphatic rings. The molecule has 3 rings (SSSR count). The molecular weight excluding hydrogens is 288 g/mol. The van der Waals surface area contributed by atoms with Crippen molar-refractivity contribution in [2.75, 3.05) is 25.0 Å². The fourth-order valence-electron chi connectivity index (χ4n) is 3.17. The molecule has 21 heavy (non-hydrogen) atoms. The molecule has 1 saturated carbocycles. The number of β-amino-alcohol motifs (C(OH)–C–C–N with tert-alkyl or cyclic N) is 1. The second kappa shape index (κ2) is 5.27. The fourth-order valence-corrected chi connectivity index (χ4v) is 3.54. The highest BCUT2D eigenvalue weighted by molar-refractivity contribution is 6.34. The minimum Gasteiger partial charge on any atom is -0.387 e. The summed E-state index contributed by atoms with van der Waals surface area (Å²) >= 11 is 6.19. The number of rotatable bonds is 4. The van der Waals surface area contributed by atoms with Crippen LogP contribution in [0.1, 0.15) is 24.0 Å². The second-order valence-corrected chi connectivity index (χ2v) is 6.92. The number of nitrogens with zero attached hydrogens (tertiary/aromatic N) is 1. The Balaban J connectivity index is 1.56. The number of hydrogen-bond donors (Lipinski definition) is 2. The Morgan fingerprint density at radius 2 is 2.10 bits per heavy atom. The maximum Gasteiger partial charge on any atom is 0.238 e. The van der Waals surface area contributed by atoms with E-state index in [4.69, 9.17) is 11.6 Å². The Labute approximate surface area is 130 Å². The number of aryl methyl sites for hydroxylation is 2. The van der Waals surface area contributed by atoms with Crippen molar-refractivity contribution in [1.29, 1.82) is 0 Å². The SMILES string of the molecule is Cc1cc(C)c(NC(=O)CN2CC(O)(C3CC3)C2)c(Cl)c1. The van der Waals surface area contributed by atoms with Crippen LogP contribution in [0.5, 0.6) is 0 Å². The summed E-state index contributed by atoms with van der Waals surface area (Å²) in [5.41, 5.74) is 2.18. The minimum absolute atomic E-state index is 0.0818. The van der Waals surface area contributed by atoms with E-state index < -0.39 is 5.60 Å². The molecule has 1 aliphatic heterocycles. The smallest absolute Gasteiger partial charge is 0.238 e. The number of anilines is 1. The summed E-state index contributed by atoms with van der Waals surface area (Å²) in [5.74, 6) is 0.368. The van der Waals surface area contributed by atoms with Crippen molar-refractivity contribution in [2.45, 2.75) is 32.3 Å². The van der Waals surface area contributed by atoms with Gasteiger partial charge in [0.2, 0.25) is 5.91 Å². The number of nitrogens with one attached hydrogen (secondary N) is 1. The molecule has 1 aliphatic carbocycles. The van der Waals surface area contributed by atoms with Crippen LogP contribution in [-0.4, -0.2) is 41.1 Å². The Bertz CT molecular complexity index is 555. The molecule has 0 atom stereocenters. The van der Waals surface area contributed by atoms with Crippen molar-refractivity contribution in [2.24, 2.45) is 5.92 Å².